The van der Waals surface area contributed by atoms with Crippen LogP contribution >= 0.6 is 24.0 Å². The third-order valence-electron chi connectivity index (χ3n) is 5.31. The summed E-state index contributed by atoms with van der Waals surface area (Å²) in [6.45, 7) is 16.0. The fourth-order valence-corrected chi connectivity index (χ4v) is 3.39. The third-order valence-corrected chi connectivity index (χ3v) is 5.31. The first-order chi connectivity index (χ1) is 13.9. The number of rotatable bonds is 7. The maximum absolute atomic E-state index is 12.5. The molecule has 2 fully saturated rings. The molecule has 0 unspecified atom stereocenters. The van der Waals surface area contributed by atoms with Crippen LogP contribution in [0.1, 0.15) is 27.7 Å². The number of carbonyl (C=O) groups excluding carboxylic acids is 2. The maximum atomic E-state index is 12.5. The van der Waals surface area contributed by atoms with Crippen molar-refractivity contribution in [1.82, 2.24) is 25.3 Å². The Hall–Kier alpha value is -1.14. The molecule has 2 amide bonds. The molecule has 2 aliphatic rings. The first-order valence-electron chi connectivity index (χ1n) is 10.8. The Morgan fingerprint density at radius 1 is 0.933 bits per heavy atom. The summed E-state index contributed by atoms with van der Waals surface area (Å²) in [5.74, 6) is 1.04. The van der Waals surface area contributed by atoms with Crippen LogP contribution in [-0.4, -0.2) is 111 Å². The summed E-state index contributed by atoms with van der Waals surface area (Å²) in [6.07, 6.45) is 0. The van der Waals surface area contributed by atoms with E-state index >= 15 is 0 Å². The zero-order chi connectivity index (χ0) is 21.3. The second-order valence-electron chi connectivity index (χ2n) is 8.17. The van der Waals surface area contributed by atoms with E-state index in [4.69, 9.17) is 9.73 Å². The summed E-state index contributed by atoms with van der Waals surface area (Å²) in [5, 5.41) is 6.22. The number of aliphatic imine (C=N–C) groups is 1. The van der Waals surface area contributed by atoms with Crippen LogP contribution in [0.3, 0.4) is 0 Å². The van der Waals surface area contributed by atoms with E-state index < -0.39 is 5.41 Å². The predicted octanol–water partition coefficient (Wildman–Crippen LogP) is 0.209. The highest BCUT2D eigenvalue weighted by Crippen LogP contribution is 2.16. The molecule has 2 rings (SSSR count). The number of halogens is 1. The topological polar surface area (TPSA) is 89.5 Å². The summed E-state index contributed by atoms with van der Waals surface area (Å²) < 4.78 is 5.32. The first kappa shape index (κ1) is 26.9. The minimum absolute atomic E-state index is 0. The van der Waals surface area contributed by atoms with Crippen LogP contribution in [0.15, 0.2) is 4.99 Å². The fourth-order valence-electron chi connectivity index (χ4n) is 3.39. The van der Waals surface area contributed by atoms with Gasteiger partial charge in [-0.05, 0) is 27.7 Å². The second kappa shape index (κ2) is 13.3. The van der Waals surface area contributed by atoms with Crippen molar-refractivity contribution in [3.8, 4) is 0 Å². The average molecular weight is 538 g/mol. The number of guanidine groups is 1. The van der Waals surface area contributed by atoms with Crippen molar-refractivity contribution in [1.29, 1.82) is 0 Å². The second-order valence-corrected chi connectivity index (χ2v) is 8.17. The molecule has 0 atom stereocenters. The largest absolute Gasteiger partial charge is 0.378 e. The Kier molecular flexibility index (Phi) is 11.9. The number of hydrogen-bond acceptors (Lipinski definition) is 5. The van der Waals surface area contributed by atoms with Gasteiger partial charge >= 0.3 is 0 Å². The molecule has 2 N–H and O–H groups in total. The average Bonchev–Trinajstić information content (AvgIpc) is 2.72. The smallest absolute Gasteiger partial charge is 0.236 e. The van der Waals surface area contributed by atoms with Gasteiger partial charge in [0.15, 0.2) is 5.96 Å². The lowest BCUT2D eigenvalue weighted by atomic mass is 9.92. The standard InChI is InChI=1S/C20H38N6O3.HI/c1-5-21-18(28)20(3,4)16-23-19(22-6-2)26-9-7-24(8-10-26)15-17(27)25-11-13-29-14-12-25;/h5-16H2,1-4H3,(H,21,28)(H,22,23);1H. The van der Waals surface area contributed by atoms with Crippen molar-refractivity contribution in [2.24, 2.45) is 10.4 Å². The summed E-state index contributed by atoms with van der Waals surface area (Å²) in [6, 6.07) is 0. The highest BCUT2D eigenvalue weighted by atomic mass is 127. The number of morpholine rings is 1. The molecule has 0 saturated carbocycles. The number of piperazine rings is 1. The van der Waals surface area contributed by atoms with Crippen LogP contribution in [0.5, 0.6) is 0 Å². The van der Waals surface area contributed by atoms with E-state index in [1.54, 1.807) is 0 Å². The van der Waals surface area contributed by atoms with Crippen molar-refractivity contribution in [3.63, 3.8) is 0 Å². The molecule has 9 nitrogen and oxygen atoms in total. The molecular formula is C20H39IN6O3. The number of nitrogens with zero attached hydrogens (tertiary/aromatic N) is 4. The quantitative estimate of drug-likeness (QED) is 0.274. The van der Waals surface area contributed by atoms with Crippen molar-refractivity contribution in [3.05, 3.63) is 0 Å². The van der Waals surface area contributed by atoms with E-state index in [1.807, 2.05) is 32.6 Å². The monoisotopic (exact) mass is 538 g/mol. The van der Waals surface area contributed by atoms with Crippen LogP contribution in [0.4, 0.5) is 0 Å². The van der Waals surface area contributed by atoms with E-state index in [9.17, 15) is 9.59 Å². The van der Waals surface area contributed by atoms with Gasteiger partial charge in [0.05, 0.1) is 31.7 Å². The molecular weight excluding hydrogens is 499 g/mol. The zero-order valence-corrected chi connectivity index (χ0v) is 21.2. The van der Waals surface area contributed by atoms with E-state index in [2.05, 4.69) is 20.4 Å². The van der Waals surface area contributed by atoms with Crippen LogP contribution < -0.4 is 10.6 Å². The van der Waals surface area contributed by atoms with Gasteiger partial charge in [0, 0.05) is 52.4 Å². The number of ether oxygens (including phenoxy) is 1. The molecule has 0 aromatic carbocycles. The molecule has 2 heterocycles. The molecule has 0 bridgehead atoms. The van der Waals surface area contributed by atoms with Gasteiger partial charge in [-0.15, -0.1) is 24.0 Å². The van der Waals surface area contributed by atoms with Crippen LogP contribution in [0.25, 0.3) is 0 Å². The van der Waals surface area contributed by atoms with Gasteiger partial charge in [0.2, 0.25) is 11.8 Å². The van der Waals surface area contributed by atoms with E-state index in [1.165, 1.54) is 0 Å². The van der Waals surface area contributed by atoms with Gasteiger partial charge in [-0.2, -0.15) is 0 Å². The van der Waals surface area contributed by atoms with Crippen molar-refractivity contribution in [2.75, 3.05) is 78.7 Å². The van der Waals surface area contributed by atoms with E-state index in [0.29, 0.717) is 45.9 Å². The normalized spacial score (nSPS) is 18.6. The van der Waals surface area contributed by atoms with Gasteiger partial charge in [-0.25, -0.2) is 0 Å². The Balaban J connectivity index is 0.00000450. The summed E-state index contributed by atoms with van der Waals surface area (Å²) in [5.41, 5.74) is -0.553. The molecule has 174 valence electrons. The Morgan fingerprint density at radius 2 is 1.53 bits per heavy atom. The zero-order valence-electron chi connectivity index (χ0n) is 18.9. The molecule has 0 aromatic heterocycles. The van der Waals surface area contributed by atoms with Crippen molar-refractivity contribution in [2.45, 2.75) is 27.7 Å². The maximum Gasteiger partial charge on any atom is 0.236 e. The molecule has 0 radical (unpaired) electrons. The molecule has 10 heteroatoms. The van der Waals surface area contributed by atoms with Crippen LogP contribution in [-0.2, 0) is 14.3 Å². The summed E-state index contributed by atoms with van der Waals surface area (Å²) in [7, 11) is 0. The first-order valence-corrected chi connectivity index (χ1v) is 10.8. The lowest BCUT2D eigenvalue weighted by Gasteiger charge is -2.37. The van der Waals surface area contributed by atoms with Crippen LogP contribution in [0, 0.1) is 5.41 Å². The number of amides is 2. The molecule has 30 heavy (non-hydrogen) atoms. The molecule has 0 spiro atoms. The lowest BCUT2D eigenvalue weighted by molar-refractivity contribution is -0.136. The van der Waals surface area contributed by atoms with E-state index in [-0.39, 0.29) is 35.8 Å². The third kappa shape index (κ3) is 8.18. The Morgan fingerprint density at radius 3 is 2.10 bits per heavy atom. The Bertz CT molecular complexity index is 573. The minimum Gasteiger partial charge on any atom is -0.378 e. The van der Waals surface area contributed by atoms with Gasteiger partial charge < -0.3 is 25.2 Å². The summed E-state index contributed by atoms with van der Waals surface area (Å²) >= 11 is 0. The van der Waals surface area contributed by atoms with Gasteiger partial charge in [0.25, 0.3) is 0 Å². The molecule has 2 saturated heterocycles. The number of nitrogens with one attached hydrogen (secondary N) is 2. The molecule has 2 aliphatic heterocycles. The number of hydrogen-bond donors (Lipinski definition) is 2. The van der Waals surface area contributed by atoms with Crippen LogP contribution in [0.2, 0.25) is 0 Å². The SMILES string of the molecule is CCNC(=O)C(C)(C)CN=C(NCC)N1CCN(CC(=O)N2CCOCC2)CC1.I. The Labute approximate surface area is 198 Å². The molecule has 0 aromatic rings. The van der Waals surface area contributed by atoms with E-state index in [0.717, 1.165) is 38.7 Å². The predicted molar refractivity (Wildman–Crippen MR) is 129 cm³/mol. The van der Waals surface area contributed by atoms with Crippen molar-refractivity contribution >= 4 is 41.8 Å². The lowest BCUT2D eigenvalue weighted by Crippen LogP contribution is -2.55. The highest BCUT2D eigenvalue weighted by Gasteiger charge is 2.28. The van der Waals surface area contributed by atoms with Gasteiger partial charge in [-0.1, -0.05) is 0 Å². The fraction of sp³-hybridized carbons (Fsp3) is 0.850. The highest BCUT2D eigenvalue weighted by molar-refractivity contribution is 14.0. The molecule has 0 aliphatic carbocycles. The van der Waals surface area contributed by atoms with Crippen molar-refractivity contribution < 1.29 is 14.3 Å². The van der Waals surface area contributed by atoms with Gasteiger partial charge in [0.1, 0.15) is 0 Å². The summed E-state index contributed by atoms with van der Waals surface area (Å²) in [4.78, 5) is 35.7. The van der Waals surface area contributed by atoms with Gasteiger partial charge in [-0.3, -0.25) is 19.5 Å². The number of carbonyl (C=O) groups is 2. The minimum atomic E-state index is -0.553.